The van der Waals surface area contributed by atoms with Crippen molar-refractivity contribution in [3.05, 3.63) is 23.9 Å². The Morgan fingerprint density at radius 1 is 1.02 bits per heavy atom. The molecule has 0 radical (unpaired) electrons. The summed E-state index contributed by atoms with van der Waals surface area (Å²) in [6.07, 6.45) is 6.97. The fraction of sp³-hybridized carbons (Fsp3) is 0.676. The highest BCUT2D eigenvalue weighted by atomic mass is 16.6. The van der Waals surface area contributed by atoms with Crippen LogP contribution in [-0.4, -0.2) is 70.6 Å². The molecule has 240 valence electrons. The third-order valence-corrected chi connectivity index (χ3v) is 9.65. The zero-order chi connectivity index (χ0) is 31.6. The van der Waals surface area contributed by atoms with Gasteiger partial charge in [-0.3, -0.25) is 9.59 Å². The number of hydrogen-bond donors (Lipinski definition) is 1. The van der Waals surface area contributed by atoms with Crippen LogP contribution in [0.3, 0.4) is 0 Å². The summed E-state index contributed by atoms with van der Waals surface area (Å²) in [6, 6.07) is 4.06. The third kappa shape index (κ3) is 6.79. The van der Waals surface area contributed by atoms with Gasteiger partial charge < -0.3 is 24.4 Å². The normalized spacial score (nSPS) is 28.6. The van der Waals surface area contributed by atoms with Crippen molar-refractivity contribution in [2.75, 3.05) is 13.7 Å². The maximum absolute atomic E-state index is 14.3. The largest absolute Gasteiger partial charge is 0.497 e. The molecule has 2 fully saturated rings. The van der Waals surface area contributed by atoms with Crippen LogP contribution in [-0.2, 0) is 20.7 Å². The minimum Gasteiger partial charge on any atom is -0.497 e. The molecule has 0 spiro atoms. The Hall–Kier alpha value is -3.43. The van der Waals surface area contributed by atoms with Crippen LogP contribution in [0.4, 0.5) is 4.79 Å². The van der Waals surface area contributed by atoms with E-state index in [1.165, 1.54) is 6.92 Å². The second kappa shape index (κ2) is 13.3. The van der Waals surface area contributed by atoms with Crippen molar-refractivity contribution in [1.82, 2.24) is 20.2 Å². The second-order valence-corrected chi connectivity index (χ2v) is 13.8. The monoisotopic (exact) mass is 608 g/mol. The molecule has 1 saturated heterocycles. The molecular weight excluding hydrogens is 560 g/mol. The van der Waals surface area contributed by atoms with E-state index in [1.54, 1.807) is 12.0 Å². The molecule has 2 aliphatic heterocycles. The number of nitrogens with one attached hydrogen (secondary N) is 1. The number of benzene rings is 1. The second-order valence-electron chi connectivity index (χ2n) is 13.8. The molecule has 1 aromatic heterocycles. The van der Waals surface area contributed by atoms with Gasteiger partial charge in [0.25, 0.3) is 0 Å². The highest BCUT2D eigenvalue weighted by Crippen LogP contribution is 2.36. The number of alkyl carbamates (subject to hydrolysis) is 1. The Labute approximate surface area is 260 Å². The van der Waals surface area contributed by atoms with Crippen LogP contribution in [0.1, 0.15) is 91.7 Å². The molecule has 10 nitrogen and oxygen atoms in total. The molecule has 44 heavy (non-hydrogen) atoms. The van der Waals surface area contributed by atoms with E-state index in [0.717, 1.165) is 56.2 Å². The van der Waals surface area contributed by atoms with Crippen LogP contribution >= 0.6 is 0 Å². The molecule has 2 amide bonds. The Bertz CT molecular complexity index is 1370. The lowest BCUT2D eigenvalue weighted by molar-refractivity contribution is -0.141. The molecule has 1 aromatic carbocycles. The van der Waals surface area contributed by atoms with Gasteiger partial charge >= 0.3 is 6.09 Å². The smallest absolute Gasteiger partial charge is 0.408 e. The lowest BCUT2D eigenvalue weighted by atomic mass is 9.85. The highest BCUT2D eigenvalue weighted by molar-refractivity contribution is 5.92. The molecule has 10 heteroatoms. The minimum atomic E-state index is -0.879. The summed E-state index contributed by atoms with van der Waals surface area (Å²) >= 11 is 0. The fourth-order valence-corrected chi connectivity index (χ4v) is 7.29. The van der Waals surface area contributed by atoms with Gasteiger partial charge in [-0.2, -0.15) is 0 Å². The highest BCUT2D eigenvalue weighted by Gasteiger charge is 2.50. The number of ether oxygens (including phenoxy) is 3. The first-order chi connectivity index (χ1) is 21.0. The fourth-order valence-electron chi connectivity index (χ4n) is 7.29. The predicted molar refractivity (Wildman–Crippen MR) is 167 cm³/mol. The Kier molecular flexibility index (Phi) is 9.65. The summed E-state index contributed by atoms with van der Waals surface area (Å²) < 4.78 is 18.1. The molecule has 5 rings (SSSR count). The summed E-state index contributed by atoms with van der Waals surface area (Å²) in [5.74, 6) is 0.762. The number of ketones is 1. The van der Waals surface area contributed by atoms with Crippen LogP contribution < -0.4 is 14.8 Å². The summed E-state index contributed by atoms with van der Waals surface area (Å²) in [5.41, 5.74) is 1.59. The first-order valence-electron chi connectivity index (χ1n) is 16.3. The van der Waals surface area contributed by atoms with Gasteiger partial charge in [-0.25, -0.2) is 14.8 Å². The van der Waals surface area contributed by atoms with Gasteiger partial charge in [-0.15, -0.1) is 0 Å². The number of carbonyl (C=O) groups is 3. The molecule has 3 aliphatic rings. The van der Waals surface area contributed by atoms with E-state index < -0.39 is 29.7 Å². The molecule has 1 aliphatic carbocycles. The van der Waals surface area contributed by atoms with E-state index in [-0.39, 0.29) is 30.3 Å². The average molecular weight is 609 g/mol. The van der Waals surface area contributed by atoms with Crippen molar-refractivity contribution in [2.45, 2.75) is 117 Å². The van der Waals surface area contributed by atoms with E-state index in [1.807, 2.05) is 45.9 Å². The lowest BCUT2D eigenvalue weighted by Gasteiger charge is -2.35. The number of fused-ring (bicyclic) bond motifs is 5. The number of aryl methyl sites for hydroxylation is 1. The van der Waals surface area contributed by atoms with Crippen LogP contribution in [0.15, 0.2) is 18.2 Å². The number of hydrogen-bond acceptors (Lipinski definition) is 8. The van der Waals surface area contributed by atoms with E-state index in [0.29, 0.717) is 35.9 Å². The molecule has 6 atom stereocenters. The van der Waals surface area contributed by atoms with Gasteiger partial charge in [0.1, 0.15) is 29.7 Å². The first kappa shape index (κ1) is 32.0. The van der Waals surface area contributed by atoms with Crippen molar-refractivity contribution < 1.29 is 28.6 Å². The van der Waals surface area contributed by atoms with Crippen LogP contribution in [0, 0.1) is 17.3 Å². The van der Waals surface area contributed by atoms with Gasteiger partial charge in [0.2, 0.25) is 11.8 Å². The zero-order valence-corrected chi connectivity index (χ0v) is 27.1. The summed E-state index contributed by atoms with van der Waals surface area (Å²) in [5, 5.41) is 2.91. The molecular formula is C34H48N4O6. The van der Waals surface area contributed by atoms with Gasteiger partial charge in [0.15, 0.2) is 5.78 Å². The number of Topliss-reactive ketones (excluding diaryl/α,β-unsaturated/α-hetero) is 1. The Morgan fingerprint density at radius 3 is 2.50 bits per heavy atom. The SMILES string of the molecule is CC[C@@H]1[C@@H]2CN(C(=O)[C@H](C(C)(C)C)NC(=O)O[C@@H]3CCC[C@H]3CCCCCc3nc4ccc(OC)cc4nc3O2)[C@@H]1C(C)=O. The van der Waals surface area contributed by atoms with Crippen molar-refractivity contribution in [3.63, 3.8) is 0 Å². The Morgan fingerprint density at radius 2 is 1.80 bits per heavy atom. The van der Waals surface area contributed by atoms with Gasteiger partial charge in [-0.1, -0.05) is 40.5 Å². The molecule has 2 bridgehead atoms. The zero-order valence-electron chi connectivity index (χ0n) is 27.1. The number of nitrogens with zero attached hydrogens (tertiary/aromatic N) is 3. The lowest BCUT2D eigenvalue weighted by Crippen LogP contribution is -2.57. The Balaban J connectivity index is 1.54. The van der Waals surface area contributed by atoms with Gasteiger partial charge in [0, 0.05) is 12.0 Å². The van der Waals surface area contributed by atoms with Crippen molar-refractivity contribution in [1.29, 1.82) is 0 Å². The van der Waals surface area contributed by atoms with Crippen LogP contribution in [0.2, 0.25) is 0 Å². The number of carbonyl (C=O) groups excluding carboxylic acids is 3. The van der Waals surface area contributed by atoms with E-state index in [2.05, 4.69) is 5.32 Å². The number of rotatable bonds is 3. The van der Waals surface area contributed by atoms with E-state index in [9.17, 15) is 14.4 Å². The van der Waals surface area contributed by atoms with Crippen LogP contribution in [0.5, 0.6) is 11.6 Å². The maximum Gasteiger partial charge on any atom is 0.408 e. The van der Waals surface area contributed by atoms with Crippen molar-refractivity contribution in [2.24, 2.45) is 17.3 Å². The summed E-state index contributed by atoms with van der Waals surface area (Å²) in [7, 11) is 1.62. The molecule has 1 saturated carbocycles. The number of aromatic nitrogens is 2. The van der Waals surface area contributed by atoms with Gasteiger partial charge in [0.05, 0.1) is 30.7 Å². The maximum atomic E-state index is 14.3. The third-order valence-electron chi connectivity index (χ3n) is 9.65. The summed E-state index contributed by atoms with van der Waals surface area (Å²) in [4.78, 5) is 52.2. The minimum absolute atomic E-state index is 0.110. The molecule has 0 unspecified atom stereocenters. The van der Waals surface area contributed by atoms with E-state index >= 15 is 0 Å². The quantitative estimate of drug-likeness (QED) is 0.476. The van der Waals surface area contributed by atoms with Crippen molar-refractivity contribution >= 4 is 28.8 Å². The standard InChI is InChI=1S/C34H48N4O6/c1-7-23-28-19-38(29(23)20(2)39)32(40)30(34(3,4)5)37-33(41)44-27-15-11-13-21(27)12-9-8-10-14-25-31(43-28)36-26-18-22(42-6)16-17-24(26)35-25/h16-18,21,23,27-30H,7-15,19H2,1-6H3,(H,37,41)/t21-,23-,27-,28+,29-,30-/m1/s1. The average Bonchev–Trinajstić information content (AvgIpc) is 3.58. The van der Waals surface area contributed by atoms with Crippen LogP contribution in [0.25, 0.3) is 11.0 Å². The van der Waals surface area contributed by atoms with Gasteiger partial charge in [-0.05, 0) is 75.3 Å². The number of amides is 2. The first-order valence-corrected chi connectivity index (χ1v) is 16.3. The number of methoxy groups -OCH3 is 1. The topological polar surface area (TPSA) is 120 Å². The molecule has 3 heterocycles. The summed E-state index contributed by atoms with van der Waals surface area (Å²) in [6.45, 7) is 9.47. The van der Waals surface area contributed by atoms with E-state index in [4.69, 9.17) is 24.2 Å². The van der Waals surface area contributed by atoms with Crippen molar-refractivity contribution in [3.8, 4) is 11.6 Å². The molecule has 1 N–H and O–H groups in total. The predicted octanol–water partition coefficient (Wildman–Crippen LogP) is 5.64. The molecule has 2 aromatic rings.